The van der Waals surface area contributed by atoms with Gasteiger partial charge in [-0.05, 0) is 44.1 Å². The fraction of sp³-hybridized carbons (Fsp3) is 0.414. The molecule has 2 aliphatic carbocycles. The molecule has 1 unspecified atom stereocenters. The molecule has 0 saturated carbocycles. The molecule has 6 atom stereocenters. The van der Waals surface area contributed by atoms with Crippen molar-refractivity contribution in [3.05, 3.63) is 71.0 Å². The summed E-state index contributed by atoms with van der Waals surface area (Å²) in [5.41, 5.74) is -0.317. The molecule has 4 N–H and O–H groups in total. The lowest BCUT2D eigenvalue weighted by molar-refractivity contribution is -0.175. The largest absolute Gasteiger partial charge is 0.504 e. The Morgan fingerprint density at radius 3 is 2.65 bits per heavy atom. The van der Waals surface area contributed by atoms with Crippen LogP contribution in [0.1, 0.15) is 42.1 Å². The molecular formula is C29H29NO10. The first-order valence-corrected chi connectivity index (χ1v) is 13.1. The molecule has 2 heterocycles. The zero-order chi connectivity index (χ0) is 28.4. The molecule has 11 heteroatoms. The van der Waals surface area contributed by atoms with E-state index in [1.807, 2.05) is 13.1 Å². The van der Waals surface area contributed by atoms with Gasteiger partial charge >= 0.3 is 17.9 Å². The maximum atomic E-state index is 12.9. The predicted molar refractivity (Wildman–Crippen MR) is 136 cm³/mol. The van der Waals surface area contributed by atoms with E-state index in [2.05, 4.69) is 4.90 Å². The number of aliphatic hydroxyl groups is 2. The van der Waals surface area contributed by atoms with Crippen molar-refractivity contribution in [3.8, 4) is 11.5 Å². The van der Waals surface area contributed by atoms with E-state index in [9.17, 15) is 34.8 Å². The lowest BCUT2D eigenvalue weighted by Gasteiger charge is -2.61. The van der Waals surface area contributed by atoms with Gasteiger partial charge in [-0.2, -0.15) is 0 Å². The molecule has 11 nitrogen and oxygen atoms in total. The highest BCUT2D eigenvalue weighted by Crippen LogP contribution is 2.65. The number of aliphatic carboxylic acids is 1. The van der Waals surface area contributed by atoms with Crippen LogP contribution in [-0.2, 0) is 35.7 Å². The van der Waals surface area contributed by atoms with Crippen LogP contribution in [0.2, 0.25) is 0 Å². The van der Waals surface area contributed by atoms with E-state index in [4.69, 9.17) is 14.2 Å². The van der Waals surface area contributed by atoms with Crippen molar-refractivity contribution in [2.24, 2.45) is 0 Å². The fourth-order valence-corrected chi connectivity index (χ4v) is 6.94. The van der Waals surface area contributed by atoms with Crippen molar-refractivity contribution in [1.29, 1.82) is 0 Å². The fourth-order valence-electron chi connectivity index (χ4n) is 6.94. The van der Waals surface area contributed by atoms with E-state index in [1.54, 1.807) is 30.3 Å². The number of rotatable bonds is 7. The molecule has 2 aliphatic heterocycles. The number of esters is 2. The number of nitrogens with zero attached hydrogens (tertiary/aromatic N) is 1. The third-order valence-corrected chi connectivity index (χ3v) is 8.78. The van der Waals surface area contributed by atoms with Crippen molar-refractivity contribution in [1.82, 2.24) is 4.90 Å². The number of piperidine rings is 1. The zero-order valence-corrected chi connectivity index (χ0v) is 21.6. The van der Waals surface area contributed by atoms with E-state index < -0.39 is 53.7 Å². The zero-order valence-electron chi connectivity index (χ0n) is 21.6. The van der Waals surface area contributed by atoms with Gasteiger partial charge in [-0.3, -0.25) is 4.79 Å². The van der Waals surface area contributed by atoms with Gasteiger partial charge in [0.2, 0.25) is 6.10 Å². The van der Waals surface area contributed by atoms with Gasteiger partial charge in [0.1, 0.15) is 5.76 Å². The summed E-state index contributed by atoms with van der Waals surface area (Å²) in [6.07, 6.45) is -2.52. The lowest BCUT2D eigenvalue weighted by atomic mass is 9.50. The highest BCUT2D eigenvalue weighted by atomic mass is 16.6. The smallest absolute Gasteiger partial charge is 0.349 e. The van der Waals surface area contributed by atoms with Crippen molar-refractivity contribution in [2.45, 2.75) is 61.1 Å². The molecular weight excluding hydrogens is 522 g/mol. The van der Waals surface area contributed by atoms with Crippen molar-refractivity contribution in [2.75, 3.05) is 13.6 Å². The van der Waals surface area contributed by atoms with E-state index in [0.29, 0.717) is 19.4 Å². The van der Waals surface area contributed by atoms with Gasteiger partial charge < -0.3 is 39.5 Å². The second-order valence-corrected chi connectivity index (χ2v) is 10.9. The SMILES string of the molecule is CN1CCC23c4c5ccc(O)c4O[C@H]2C(OC(=O)C[C@H](O)C(=O)O[C@H](C(=O)O)c2ccccc2)=CC[C@@]3(O)[C@H]1C5. The second kappa shape index (κ2) is 9.33. The summed E-state index contributed by atoms with van der Waals surface area (Å²) in [5.74, 6) is -3.38. The number of carbonyl (C=O) groups excluding carboxylic acids is 2. The Bertz CT molecular complexity index is 1420. The normalized spacial score (nSPS) is 29.3. The van der Waals surface area contributed by atoms with Gasteiger partial charge in [-0.25, -0.2) is 9.59 Å². The highest BCUT2D eigenvalue weighted by Gasteiger charge is 2.72. The Balaban J connectivity index is 1.21. The number of carboxylic acid groups (broad SMARTS) is 1. The maximum absolute atomic E-state index is 12.9. The Morgan fingerprint density at radius 2 is 1.93 bits per heavy atom. The van der Waals surface area contributed by atoms with Crippen LogP contribution in [0.5, 0.6) is 11.5 Å². The Labute approximate surface area is 229 Å². The van der Waals surface area contributed by atoms with Crippen LogP contribution in [0.4, 0.5) is 0 Å². The van der Waals surface area contributed by atoms with Gasteiger partial charge in [-0.1, -0.05) is 36.4 Å². The Morgan fingerprint density at radius 1 is 1.18 bits per heavy atom. The first-order chi connectivity index (χ1) is 19.1. The Kier molecular flexibility index (Phi) is 6.13. The topological polar surface area (TPSA) is 163 Å². The molecule has 0 radical (unpaired) electrons. The van der Waals surface area contributed by atoms with Gasteiger partial charge in [0, 0.05) is 23.6 Å². The summed E-state index contributed by atoms with van der Waals surface area (Å²) in [6.45, 7) is 0.652. The molecule has 1 fully saturated rings. The van der Waals surface area contributed by atoms with Crippen LogP contribution in [0.25, 0.3) is 0 Å². The van der Waals surface area contributed by atoms with Gasteiger partial charge in [0.15, 0.2) is 23.7 Å². The van der Waals surface area contributed by atoms with Crippen molar-refractivity contribution >= 4 is 17.9 Å². The van der Waals surface area contributed by atoms with Crippen molar-refractivity contribution < 1.29 is 49.0 Å². The third-order valence-electron chi connectivity index (χ3n) is 8.78. The summed E-state index contributed by atoms with van der Waals surface area (Å²) in [6, 6.07) is 10.9. The van der Waals surface area contributed by atoms with E-state index in [-0.39, 0.29) is 35.3 Å². The average Bonchev–Trinajstić information content (AvgIpc) is 3.28. The molecule has 0 aromatic heterocycles. The lowest BCUT2D eigenvalue weighted by Crippen LogP contribution is -2.74. The number of carboxylic acids is 1. The summed E-state index contributed by atoms with van der Waals surface area (Å²) < 4.78 is 16.8. The molecule has 6 rings (SSSR count). The highest BCUT2D eigenvalue weighted by molar-refractivity contribution is 5.85. The molecule has 2 aromatic carbocycles. The van der Waals surface area contributed by atoms with Crippen LogP contribution >= 0.6 is 0 Å². The third kappa shape index (κ3) is 3.72. The molecule has 2 bridgehead atoms. The number of likely N-dealkylation sites (tertiary alicyclic amines) is 1. The van der Waals surface area contributed by atoms with Crippen LogP contribution in [0.3, 0.4) is 0 Å². The molecule has 1 saturated heterocycles. The average molecular weight is 552 g/mol. The van der Waals surface area contributed by atoms with Gasteiger partial charge in [-0.15, -0.1) is 0 Å². The maximum Gasteiger partial charge on any atom is 0.349 e. The standard InChI is InChI=1S/C29H29NO10/c1-30-12-11-28-22-16-7-8-17(31)24(22)39-25(28)19(9-10-29(28,37)20(30)13-16)38-21(33)14-18(32)27(36)40-23(26(34)35)15-5-3-2-4-6-15/h2-9,18,20,23,25,31-32,37H,10-14H2,1H3,(H,34,35)/t18-,20+,23-,25-,28?,29+/m0/s1. The number of benzene rings is 2. The first-order valence-electron chi connectivity index (χ1n) is 13.1. The number of phenolic OH excluding ortho intramolecular Hbond substituents is 1. The van der Waals surface area contributed by atoms with Gasteiger partial charge in [0.25, 0.3) is 0 Å². The number of aromatic hydroxyl groups is 1. The summed E-state index contributed by atoms with van der Waals surface area (Å²) >= 11 is 0. The second-order valence-electron chi connectivity index (χ2n) is 10.9. The van der Waals surface area contributed by atoms with E-state index in [0.717, 1.165) is 11.1 Å². The molecule has 0 amide bonds. The molecule has 4 aliphatic rings. The predicted octanol–water partition coefficient (Wildman–Crippen LogP) is 1.33. The van der Waals surface area contributed by atoms with E-state index >= 15 is 0 Å². The number of hydrogen-bond acceptors (Lipinski definition) is 10. The number of aliphatic hydroxyl groups excluding tert-OH is 1. The van der Waals surface area contributed by atoms with Gasteiger partial charge in [0.05, 0.1) is 17.4 Å². The first kappa shape index (κ1) is 26.3. The molecule has 1 spiro atoms. The minimum atomic E-state index is -1.97. The van der Waals surface area contributed by atoms with Crippen LogP contribution in [0, 0.1) is 0 Å². The molecule has 210 valence electrons. The minimum absolute atomic E-state index is 0.0718. The number of hydrogen-bond donors (Lipinski definition) is 4. The monoisotopic (exact) mass is 551 g/mol. The molecule has 40 heavy (non-hydrogen) atoms. The summed E-state index contributed by atoms with van der Waals surface area (Å²) in [5, 5.41) is 42.6. The van der Waals surface area contributed by atoms with Crippen LogP contribution < -0.4 is 4.74 Å². The van der Waals surface area contributed by atoms with Crippen LogP contribution in [0.15, 0.2) is 54.3 Å². The molecule has 2 aromatic rings. The number of carbonyl (C=O) groups is 3. The quantitative estimate of drug-likeness (QED) is 0.367. The van der Waals surface area contributed by atoms with Crippen molar-refractivity contribution in [3.63, 3.8) is 0 Å². The minimum Gasteiger partial charge on any atom is -0.504 e. The number of ether oxygens (including phenoxy) is 3. The summed E-state index contributed by atoms with van der Waals surface area (Å²) in [4.78, 5) is 39.1. The summed E-state index contributed by atoms with van der Waals surface area (Å²) in [7, 11) is 1.96. The van der Waals surface area contributed by atoms with E-state index in [1.165, 1.54) is 12.1 Å². The Hall–Kier alpha value is -3.93. The van der Waals surface area contributed by atoms with Crippen LogP contribution in [-0.4, -0.2) is 80.7 Å². The number of likely N-dealkylation sites (N-methyl/N-ethyl adjacent to an activating group) is 1. The number of phenols is 1.